The zero-order valence-corrected chi connectivity index (χ0v) is 14.5. The second-order valence-corrected chi connectivity index (χ2v) is 6.59. The number of carbonyl (C=O) groups excluding carboxylic acids is 1. The van der Waals surface area contributed by atoms with Crippen LogP contribution in [0.1, 0.15) is 42.7 Å². The predicted molar refractivity (Wildman–Crippen MR) is 92.4 cm³/mol. The molecule has 1 atom stereocenters. The monoisotopic (exact) mass is 314 g/mol. The summed E-state index contributed by atoms with van der Waals surface area (Å²) in [6, 6.07) is 4.66. The van der Waals surface area contributed by atoms with Crippen LogP contribution < -0.4 is 5.32 Å². The smallest absolute Gasteiger partial charge is 0.308 e. The van der Waals surface area contributed by atoms with E-state index in [1.54, 1.807) is 0 Å². The highest BCUT2D eigenvalue weighted by Crippen LogP contribution is 2.32. The zero-order chi connectivity index (χ0) is 16.6. The minimum absolute atomic E-state index is 0.120. The Balaban J connectivity index is 2.12. The van der Waals surface area contributed by atoms with Crippen LogP contribution in [0.25, 0.3) is 10.9 Å². The Bertz CT molecular complexity index is 746. The van der Waals surface area contributed by atoms with Crippen LogP contribution in [-0.4, -0.2) is 17.6 Å². The summed E-state index contributed by atoms with van der Waals surface area (Å²) in [5.74, 6) is -0.255. The van der Waals surface area contributed by atoms with Crippen molar-refractivity contribution in [3.05, 3.63) is 34.5 Å². The molecule has 1 aromatic carbocycles. The maximum atomic E-state index is 11.8. The largest absolute Gasteiger partial charge is 0.469 e. The average molecular weight is 314 g/mol. The summed E-state index contributed by atoms with van der Waals surface area (Å²) in [7, 11) is 1.46. The highest BCUT2D eigenvalue weighted by Gasteiger charge is 2.22. The Morgan fingerprint density at radius 2 is 2.04 bits per heavy atom. The molecule has 1 unspecified atom stereocenters. The van der Waals surface area contributed by atoms with Crippen molar-refractivity contribution in [2.75, 3.05) is 7.11 Å². The molecule has 4 heteroatoms. The number of aryl methyl sites for hydroxylation is 1. The third-order valence-corrected chi connectivity index (χ3v) is 4.97. The molecule has 124 valence electrons. The van der Waals surface area contributed by atoms with Gasteiger partial charge in [0.1, 0.15) is 0 Å². The van der Waals surface area contributed by atoms with Gasteiger partial charge in [-0.1, -0.05) is 13.8 Å². The van der Waals surface area contributed by atoms with Gasteiger partial charge in [-0.25, -0.2) is 0 Å². The Hall–Kier alpha value is -1.81. The Labute approximate surface area is 137 Å². The number of aromatic nitrogens is 1. The van der Waals surface area contributed by atoms with E-state index in [-0.39, 0.29) is 11.9 Å². The molecule has 2 aromatic rings. The number of methoxy groups -OCH3 is 1. The predicted octanol–water partition coefficient (Wildman–Crippen LogP) is 3.31. The van der Waals surface area contributed by atoms with Crippen LogP contribution in [0, 0.1) is 12.8 Å². The first-order chi connectivity index (χ1) is 11.1. The molecule has 23 heavy (non-hydrogen) atoms. The molecule has 1 N–H and O–H groups in total. The molecule has 4 nitrogen and oxygen atoms in total. The molecule has 0 fully saturated rings. The first kappa shape index (κ1) is 16.1. The lowest BCUT2D eigenvalue weighted by atomic mass is 9.97. The molecule has 0 amide bonds. The van der Waals surface area contributed by atoms with Crippen molar-refractivity contribution >= 4 is 16.9 Å². The number of fused-ring (bicyclic) bond motifs is 2. The van der Waals surface area contributed by atoms with Crippen molar-refractivity contribution in [2.24, 2.45) is 5.92 Å². The number of nitrogens with zero attached hydrogens (tertiary/aromatic N) is 1. The van der Waals surface area contributed by atoms with Gasteiger partial charge in [-0.2, -0.15) is 0 Å². The quantitative estimate of drug-likeness (QED) is 0.861. The topological polar surface area (TPSA) is 43.3 Å². The highest BCUT2D eigenvalue weighted by molar-refractivity contribution is 5.88. The molecule has 0 spiro atoms. The SMILES string of the molecule is CCCn1c(C)c(CC(C)C(=O)OC)c2cc3c(cc21)CNC3. The van der Waals surface area contributed by atoms with Crippen molar-refractivity contribution < 1.29 is 9.53 Å². The lowest BCUT2D eigenvalue weighted by molar-refractivity contribution is -0.144. The summed E-state index contributed by atoms with van der Waals surface area (Å²) in [5.41, 5.74) is 6.67. The molecule has 0 radical (unpaired) electrons. The van der Waals surface area contributed by atoms with Gasteiger partial charge in [-0.3, -0.25) is 4.79 Å². The van der Waals surface area contributed by atoms with E-state index in [9.17, 15) is 4.79 Å². The van der Waals surface area contributed by atoms with E-state index >= 15 is 0 Å². The van der Waals surface area contributed by atoms with E-state index in [0.717, 1.165) is 32.5 Å². The minimum atomic E-state index is -0.136. The minimum Gasteiger partial charge on any atom is -0.469 e. The van der Waals surface area contributed by atoms with Crippen molar-refractivity contribution in [1.29, 1.82) is 0 Å². The van der Waals surface area contributed by atoms with Crippen molar-refractivity contribution in [3.63, 3.8) is 0 Å². The number of nitrogens with one attached hydrogen (secondary N) is 1. The lowest BCUT2D eigenvalue weighted by Crippen LogP contribution is -2.15. The average Bonchev–Trinajstić information content (AvgIpc) is 3.10. The molecule has 1 aliphatic rings. The maximum Gasteiger partial charge on any atom is 0.308 e. The summed E-state index contributed by atoms with van der Waals surface area (Å²) >= 11 is 0. The van der Waals surface area contributed by atoms with Gasteiger partial charge in [0.2, 0.25) is 0 Å². The van der Waals surface area contributed by atoms with Gasteiger partial charge in [-0.15, -0.1) is 0 Å². The first-order valence-electron chi connectivity index (χ1n) is 8.48. The number of carbonyl (C=O) groups is 1. The van der Waals surface area contributed by atoms with Crippen LogP contribution in [0.15, 0.2) is 12.1 Å². The van der Waals surface area contributed by atoms with Crippen LogP contribution in [-0.2, 0) is 35.6 Å². The number of ether oxygens (including phenoxy) is 1. The molecule has 3 rings (SSSR count). The fourth-order valence-electron chi connectivity index (χ4n) is 3.70. The van der Waals surface area contributed by atoms with Gasteiger partial charge in [0.15, 0.2) is 0 Å². The van der Waals surface area contributed by atoms with Crippen LogP contribution in [0.4, 0.5) is 0 Å². The van der Waals surface area contributed by atoms with Crippen molar-refractivity contribution in [1.82, 2.24) is 9.88 Å². The molecule has 0 saturated heterocycles. The fourth-order valence-corrected chi connectivity index (χ4v) is 3.70. The molecule has 1 aromatic heterocycles. The number of benzene rings is 1. The maximum absolute atomic E-state index is 11.8. The van der Waals surface area contributed by atoms with Gasteiger partial charge in [0.05, 0.1) is 13.0 Å². The van der Waals surface area contributed by atoms with Crippen molar-refractivity contribution in [2.45, 2.75) is 53.2 Å². The second kappa shape index (κ2) is 6.36. The Kier molecular flexibility index (Phi) is 4.44. The summed E-state index contributed by atoms with van der Waals surface area (Å²) in [4.78, 5) is 11.8. The van der Waals surface area contributed by atoms with Gasteiger partial charge >= 0.3 is 5.97 Å². The molecular weight excluding hydrogens is 288 g/mol. The van der Waals surface area contributed by atoms with Gasteiger partial charge in [0, 0.05) is 36.2 Å². The fraction of sp³-hybridized carbons (Fsp3) is 0.526. The summed E-state index contributed by atoms with van der Waals surface area (Å²) < 4.78 is 7.32. The standard InChI is InChI=1S/C19H26N2O2/c1-5-6-21-13(3)16(7-12(2)19(22)23-4)17-8-14-10-20-11-15(14)9-18(17)21/h8-9,12,20H,5-7,10-11H2,1-4H3. The van der Waals surface area contributed by atoms with Gasteiger partial charge < -0.3 is 14.6 Å². The first-order valence-corrected chi connectivity index (χ1v) is 8.48. The number of hydrogen-bond acceptors (Lipinski definition) is 3. The van der Waals surface area contributed by atoms with E-state index in [1.165, 1.54) is 40.4 Å². The normalized spacial score (nSPS) is 15.0. The Morgan fingerprint density at radius 3 is 2.70 bits per heavy atom. The third kappa shape index (κ3) is 2.76. The van der Waals surface area contributed by atoms with E-state index in [4.69, 9.17) is 4.74 Å². The van der Waals surface area contributed by atoms with E-state index in [2.05, 4.69) is 35.9 Å². The highest BCUT2D eigenvalue weighted by atomic mass is 16.5. The van der Waals surface area contributed by atoms with Crippen LogP contribution >= 0.6 is 0 Å². The third-order valence-electron chi connectivity index (χ3n) is 4.97. The van der Waals surface area contributed by atoms with Crippen LogP contribution in [0.5, 0.6) is 0 Å². The molecule has 2 heterocycles. The molecule has 0 bridgehead atoms. The van der Waals surface area contributed by atoms with E-state index < -0.39 is 0 Å². The Morgan fingerprint density at radius 1 is 1.35 bits per heavy atom. The van der Waals surface area contributed by atoms with Gasteiger partial charge in [0.25, 0.3) is 0 Å². The molecule has 1 aliphatic heterocycles. The van der Waals surface area contributed by atoms with E-state index in [1.807, 2.05) is 6.92 Å². The zero-order valence-electron chi connectivity index (χ0n) is 14.5. The van der Waals surface area contributed by atoms with Crippen LogP contribution in [0.3, 0.4) is 0 Å². The number of rotatable bonds is 5. The molecular formula is C19H26N2O2. The van der Waals surface area contributed by atoms with Crippen molar-refractivity contribution in [3.8, 4) is 0 Å². The molecule has 0 saturated carbocycles. The van der Waals surface area contributed by atoms with Crippen LogP contribution in [0.2, 0.25) is 0 Å². The number of hydrogen-bond donors (Lipinski definition) is 1. The summed E-state index contributed by atoms with van der Waals surface area (Å²) in [6.45, 7) is 9.24. The second-order valence-electron chi connectivity index (χ2n) is 6.59. The summed E-state index contributed by atoms with van der Waals surface area (Å²) in [6.07, 6.45) is 1.84. The number of esters is 1. The summed E-state index contributed by atoms with van der Waals surface area (Å²) in [5, 5.41) is 4.72. The van der Waals surface area contributed by atoms with E-state index in [0.29, 0.717) is 0 Å². The molecule has 0 aliphatic carbocycles. The lowest BCUT2D eigenvalue weighted by Gasteiger charge is -2.10. The van der Waals surface area contributed by atoms with Gasteiger partial charge in [-0.05, 0) is 48.6 Å².